The number of sulfone groups is 1. The Morgan fingerprint density at radius 1 is 1.29 bits per heavy atom. The molecule has 3 rings (SSSR count). The van der Waals surface area contributed by atoms with E-state index in [1.54, 1.807) is 6.92 Å². The number of ether oxygens (including phenoxy) is 3. The zero-order valence-electron chi connectivity index (χ0n) is 16.8. The lowest BCUT2D eigenvalue weighted by Gasteiger charge is -2.33. The molecule has 1 aliphatic heterocycles. The summed E-state index contributed by atoms with van der Waals surface area (Å²) in [7, 11) is -3.95. The lowest BCUT2D eigenvalue weighted by Crippen LogP contribution is -2.41. The molecule has 1 aromatic carbocycles. The van der Waals surface area contributed by atoms with Crippen LogP contribution in [0.15, 0.2) is 29.8 Å². The van der Waals surface area contributed by atoms with Crippen LogP contribution in [0.4, 0.5) is 4.39 Å². The molecule has 1 spiro atoms. The molecule has 0 aromatic heterocycles. The maximum absolute atomic E-state index is 13.3. The van der Waals surface area contributed by atoms with Crippen molar-refractivity contribution in [3.05, 3.63) is 46.3 Å². The largest absolute Gasteiger partial charge is 0.463 e. The monoisotopic (exact) mass is 478 g/mol. The molecule has 2 N–H and O–H groups in total. The minimum Gasteiger partial charge on any atom is -0.463 e. The van der Waals surface area contributed by atoms with E-state index in [2.05, 4.69) is 0 Å². The summed E-state index contributed by atoms with van der Waals surface area (Å²) in [6.07, 6.45) is -0.334. The second-order valence-electron chi connectivity index (χ2n) is 7.38. The van der Waals surface area contributed by atoms with Gasteiger partial charge in [-0.1, -0.05) is 17.7 Å². The van der Waals surface area contributed by atoms with Crippen LogP contribution in [0.3, 0.4) is 0 Å². The number of hydrogen-bond donors (Lipinski definition) is 2. The van der Waals surface area contributed by atoms with E-state index in [1.165, 1.54) is 12.1 Å². The van der Waals surface area contributed by atoms with Crippen LogP contribution in [0, 0.1) is 5.82 Å². The summed E-state index contributed by atoms with van der Waals surface area (Å²) in [6.45, 7) is 0.783. The summed E-state index contributed by atoms with van der Waals surface area (Å²) < 4.78 is 56.2. The average Bonchev–Trinajstić information content (AvgIpc) is 3.07. The molecule has 0 bridgehead atoms. The standard InChI is InChI=1S/C20H24ClFO8S/c1-2-28-19(25)14-8-20(29-16(9-23)17(10-24)30-20)6-5-18(14)31(26,27)11-12-3-4-13(22)7-15(12)21/h3-4,7-8,16-18,23-24H,2,5-6,9-11H2,1H3/t16-,17-,18?/m0/s1. The molecule has 1 aliphatic carbocycles. The zero-order chi connectivity index (χ0) is 22.8. The summed E-state index contributed by atoms with van der Waals surface area (Å²) in [5.74, 6) is -3.38. The number of halogens is 2. The maximum Gasteiger partial charge on any atom is 0.335 e. The van der Waals surface area contributed by atoms with Gasteiger partial charge in [0.05, 0.1) is 36.4 Å². The van der Waals surface area contributed by atoms with E-state index >= 15 is 0 Å². The minimum atomic E-state index is -3.95. The Bertz CT molecular complexity index is 952. The van der Waals surface area contributed by atoms with Crippen molar-refractivity contribution in [1.82, 2.24) is 0 Å². The van der Waals surface area contributed by atoms with Crippen molar-refractivity contribution in [2.45, 2.75) is 48.8 Å². The lowest BCUT2D eigenvalue weighted by atomic mass is 9.94. The van der Waals surface area contributed by atoms with E-state index in [-0.39, 0.29) is 35.6 Å². The van der Waals surface area contributed by atoms with Crippen molar-refractivity contribution >= 4 is 27.4 Å². The van der Waals surface area contributed by atoms with Crippen molar-refractivity contribution in [2.24, 2.45) is 0 Å². The highest BCUT2D eigenvalue weighted by molar-refractivity contribution is 7.91. The minimum absolute atomic E-state index is 0.0257. The van der Waals surface area contributed by atoms with Gasteiger partial charge in [0.15, 0.2) is 15.6 Å². The highest BCUT2D eigenvalue weighted by atomic mass is 35.5. The first-order chi connectivity index (χ1) is 14.6. The summed E-state index contributed by atoms with van der Waals surface area (Å²) in [4.78, 5) is 12.6. The lowest BCUT2D eigenvalue weighted by molar-refractivity contribution is -0.154. The van der Waals surface area contributed by atoms with Gasteiger partial charge in [-0.2, -0.15) is 0 Å². The van der Waals surface area contributed by atoms with Crippen molar-refractivity contribution in [2.75, 3.05) is 19.8 Å². The van der Waals surface area contributed by atoms with Gasteiger partial charge in [0.25, 0.3) is 0 Å². The number of aliphatic hydroxyl groups excluding tert-OH is 2. The van der Waals surface area contributed by atoms with Crippen LogP contribution in [-0.4, -0.2) is 67.7 Å². The first-order valence-corrected chi connectivity index (χ1v) is 11.9. The van der Waals surface area contributed by atoms with Crippen LogP contribution in [0.25, 0.3) is 0 Å². The number of carbonyl (C=O) groups is 1. The second kappa shape index (κ2) is 9.51. The molecule has 2 aliphatic rings. The molecule has 3 atom stereocenters. The summed E-state index contributed by atoms with van der Waals surface area (Å²) in [6, 6.07) is 3.42. The number of rotatable bonds is 7. The number of carbonyl (C=O) groups excluding carboxylic acids is 1. The molecular weight excluding hydrogens is 455 g/mol. The molecule has 0 saturated carbocycles. The third-order valence-electron chi connectivity index (χ3n) is 5.27. The fourth-order valence-electron chi connectivity index (χ4n) is 3.81. The SMILES string of the molecule is CCOC(=O)C1=CC2(CCC1S(=O)(=O)Cc1ccc(F)cc1Cl)O[C@@H](CO)[C@H](CO)O2. The predicted molar refractivity (Wildman–Crippen MR) is 108 cm³/mol. The third kappa shape index (κ3) is 5.10. The van der Waals surface area contributed by atoms with Crippen LogP contribution in [0.2, 0.25) is 5.02 Å². The van der Waals surface area contributed by atoms with Gasteiger partial charge in [-0.3, -0.25) is 0 Å². The summed E-state index contributed by atoms with van der Waals surface area (Å²) in [5.41, 5.74) is 0.0576. The normalized spacial score (nSPS) is 25.5. The molecule has 0 radical (unpaired) electrons. The number of aliphatic hydroxyl groups is 2. The van der Waals surface area contributed by atoms with E-state index in [9.17, 15) is 27.8 Å². The quantitative estimate of drug-likeness (QED) is 0.566. The van der Waals surface area contributed by atoms with Crippen LogP contribution in [0.1, 0.15) is 25.3 Å². The molecular formula is C20H24ClFO8S. The van der Waals surface area contributed by atoms with Crippen LogP contribution < -0.4 is 0 Å². The van der Waals surface area contributed by atoms with Gasteiger partial charge in [0, 0.05) is 11.4 Å². The molecule has 1 heterocycles. The highest BCUT2D eigenvalue weighted by Gasteiger charge is 2.51. The molecule has 1 saturated heterocycles. The van der Waals surface area contributed by atoms with E-state index in [0.717, 1.165) is 12.1 Å². The Hall–Kier alpha value is -1.56. The number of hydrogen-bond acceptors (Lipinski definition) is 8. The van der Waals surface area contributed by atoms with E-state index in [4.69, 9.17) is 25.8 Å². The van der Waals surface area contributed by atoms with Crippen molar-refractivity contribution in [3.63, 3.8) is 0 Å². The van der Waals surface area contributed by atoms with Gasteiger partial charge in [-0.15, -0.1) is 0 Å². The fourth-order valence-corrected chi connectivity index (χ4v) is 6.04. The zero-order valence-corrected chi connectivity index (χ0v) is 18.4. The first-order valence-electron chi connectivity index (χ1n) is 9.77. The molecule has 1 unspecified atom stereocenters. The van der Waals surface area contributed by atoms with Gasteiger partial charge in [-0.05, 0) is 37.1 Å². The molecule has 172 valence electrons. The van der Waals surface area contributed by atoms with Crippen LogP contribution in [0.5, 0.6) is 0 Å². The summed E-state index contributed by atoms with van der Waals surface area (Å²) >= 11 is 5.99. The molecule has 1 aromatic rings. The molecule has 8 nitrogen and oxygen atoms in total. The van der Waals surface area contributed by atoms with Crippen molar-refractivity contribution in [1.29, 1.82) is 0 Å². The Morgan fingerprint density at radius 3 is 2.48 bits per heavy atom. The molecule has 1 fully saturated rings. The Morgan fingerprint density at radius 2 is 1.94 bits per heavy atom. The van der Waals surface area contributed by atoms with E-state index in [1.807, 2.05) is 0 Å². The van der Waals surface area contributed by atoms with Gasteiger partial charge in [0.2, 0.25) is 0 Å². The number of esters is 1. The topological polar surface area (TPSA) is 119 Å². The van der Waals surface area contributed by atoms with Gasteiger partial charge >= 0.3 is 5.97 Å². The third-order valence-corrected chi connectivity index (χ3v) is 7.69. The first kappa shape index (κ1) is 24.1. The van der Waals surface area contributed by atoms with E-state index in [0.29, 0.717) is 0 Å². The maximum atomic E-state index is 13.3. The Labute approximate surface area is 184 Å². The molecule has 31 heavy (non-hydrogen) atoms. The van der Waals surface area contributed by atoms with Gasteiger partial charge in [0.1, 0.15) is 18.0 Å². The predicted octanol–water partition coefficient (Wildman–Crippen LogP) is 1.51. The van der Waals surface area contributed by atoms with Crippen molar-refractivity contribution < 1.29 is 42.0 Å². The molecule has 11 heteroatoms. The average molecular weight is 479 g/mol. The van der Waals surface area contributed by atoms with Crippen LogP contribution >= 0.6 is 11.6 Å². The van der Waals surface area contributed by atoms with Crippen LogP contribution in [-0.2, 0) is 34.6 Å². The van der Waals surface area contributed by atoms with E-state index < -0.39 is 63.8 Å². The summed E-state index contributed by atoms with van der Waals surface area (Å²) in [5, 5.41) is 17.7. The highest BCUT2D eigenvalue weighted by Crippen LogP contribution is 2.41. The number of benzene rings is 1. The Balaban J connectivity index is 1.95. The van der Waals surface area contributed by atoms with Gasteiger partial charge < -0.3 is 24.4 Å². The van der Waals surface area contributed by atoms with Gasteiger partial charge in [-0.25, -0.2) is 17.6 Å². The van der Waals surface area contributed by atoms with Crippen molar-refractivity contribution in [3.8, 4) is 0 Å². The molecule has 0 amide bonds. The second-order valence-corrected chi connectivity index (χ2v) is 9.97. The Kier molecular flexibility index (Phi) is 7.39. The smallest absolute Gasteiger partial charge is 0.335 e. The fraction of sp³-hybridized carbons (Fsp3) is 0.550.